The van der Waals surface area contributed by atoms with Gasteiger partial charge in [0, 0.05) is 6.54 Å². The number of nitrogens with one attached hydrogen (secondary N) is 1. The maximum Gasteiger partial charge on any atom is 0.329 e. The molecule has 1 aliphatic carbocycles. The zero-order chi connectivity index (χ0) is 20.2. The monoisotopic (exact) mass is 396 g/mol. The molecule has 1 saturated carbocycles. The number of ether oxygens (including phenoxy) is 1. The van der Waals surface area contributed by atoms with Crippen molar-refractivity contribution in [2.45, 2.75) is 37.8 Å². The number of hydrogen-bond donors (Lipinski definition) is 1. The second-order valence-electron chi connectivity index (χ2n) is 7.53. The van der Waals surface area contributed by atoms with Crippen LogP contribution in [-0.2, 0) is 14.3 Å². The molecule has 0 bridgehead atoms. The first-order chi connectivity index (χ1) is 14.1. The molecule has 2 heterocycles. The quantitative estimate of drug-likeness (QED) is 0.727. The number of amides is 2. The van der Waals surface area contributed by atoms with E-state index in [1.54, 1.807) is 12.1 Å². The maximum absolute atomic E-state index is 12.5. The van der Waals surface area contributed by atoms with E-state index in [1.165, 1.54) is 11.2 Å². The van der Waals surface area contributed by atoms with Gasteiger partial charge in [-0.2, -0.15) is 0 Å². The van der Waals surface area contributed by atoms with Crippen LogP contribution in [0.25, 0.3) is 0 Å². The van der Waals surface area contributed by atoms with Crippen molar-refractivity contribution < 1.29 is 23.5 Å². The van der Waals surface area contributed by atoms with Gasteiger partial charge in [0.25, 0.3) is 11.8 Å². The first kappa shape index (κ1) is 19.2. The number of rotatable bonds is 7. The highest BCUT2D eigenvalue weighted by Gasteiger charge is 2.37. The minimum absolute atomic E-state index is 0.0640. The molecule has 1 unspecified atom stereocenters. The fourth-order valence-corrected chi connectivity index (χ4v) is 3.81. The summed E-state index contributed by atoms with van der Waals surface area (Å²) < 4.78 is 10.4. The van der Waals surface area contributed by atoms with Crippen molar-refractivity contribution in [3.63, 3.8) is 0 Å². The van der Waals surface area contributed by atoms with Crippen LogP contribution in [0.2, 0.25) is 0 Å². The van der Waals surface area contributed by atoms with Crippen molar-refractivity contribution >= 4 is 17.8 Å². The fraction of sp³-hybridized carbons (Fsp3) is 0.409. The van der Waals surface area contributed by atoms with Gasteiger partial charge in [-0.25, -0.2) is 4.79 Å². The predicted octanol–water partition coefficient (Wildman–Crippen LogP) is 2.69. The van der Waals surface area contributed by atoms with Crippen molar-refractivity contribution in [3.05, 3.63) is 60.1 Å². The molecule has 2 amide bonds. The standard InChI is InChI=1S/C22H24N2O5/c25-19(23-20(16-10-11-16)15-6-2-1-3-7-15)14-29-22(27)17-8-4-12-24(17)21(26)18-9-5-13-28-18/h1-3,5-7,9,13,16-17,20H,4,8,10-12,14H2,(H,23,25)/t17-,20?/m0/s1. The molecule has 0 radical (unpaired) electrons. The Kier molecular flexibility index (Phi) is 5.64. The Morgan fingerprint density at radius 2 is 1.90 bits per heavy atom. The van der Waals surface area contributed by atoms with Gasteiger partial charge in [-0.1, -0.05) is 30.3 Å². The summed E-state index contributed by atoms with van der Waals surface area (Å²) >= 11 is 0. The van der Waals surface area contributed by atoms with Crippen molar-refractivity contribution in [1.82, 2.24) is 10.2 Å². The summed E-state index contributed by atoms with van der Waals surface area (Å²) in [5.41, 5.74) is 1.06. The number of likely N-dealkylation sites (tertiary alicyclic amines) is 1. The van der Waals surface area contributed by atoms with Crippen molar-refractivity contribution in [2.75, 3.05) is 13.2 Å². The molecule has 29 heavy (non-hydrogen) atoms. The lowest BCUT2D eigenvalue weighted by molar-refractivity contribution is -0.152. The van der Waals surface area contributed by atoms with E-state index in [0.29, 0.717) is 25.3 Å². The Morgan fingerprint density at radius 3 is 2.59 bits per heavy atom. The highest BCUT2D eigenvalue weighted by molar-refractivity contribution is 5.95. The van der Waals surface area contributed by atoms with Crippen molar-refractivity contribution in [1.29, 1.82) is 0 Å². The summed E-state index contributed by atoms with van der Waals surface area (Å²) in [6, 6.07) is 12.3. The summed E-state index contributed by atoms with van der Waals surface area (Å²) in [7, 11) is 0. The molecule has 2 aromatic rings. The zero-order valence-corrected chi connectivity index (χ0v) is 16.1. The number of carbonyl (C=O) groups excluding carboxylic acids is 3. The van der Waals surface area contributed by atoms with E-state index >= 15 is 0 Å². The van der Waals surface area contributed by atoms with E-state index in [9.17, 15) is 14.4 Å². The second-order valence-corrected chi connectivity index (χ2v) is 7.53. The molecule has 2 atom stereocenters. The molecule has 7 nitrogen and oxygen atoms in total. The van der Waals surface area contributed by atoms with Crippen molar-refractivity contribution in [2.24, 2.45) is 5.92 Å². The van der Waals surface area contributed by atoms with Gasteiger partial charge in [0.1, 0.15) is 6.04 Å². The Hall–Kier alpha value is -3.09. The number of benzene rings is 1. The van der Waals surface area contributed by atoms with Crippen LogP contribution in [0.5, 0.6) is 0 Å². The Labute approximate surface area is 169 Å². The fourth-order valence-electron chi connectivity index (χ4n) is 3.81. The zero-order valence-electron chi connectivity index (χ0n) is 16.1. The van der Waals surface area contributed by atoms with Gasteiger partial charge >= 0.3 is 5.97 Å². The smallest absolute Gasteiger partial charge is 0.329 e. The molecule has 4 rings (SSSR count). The van der Waals surface area contributed by atoms with Crippen LogP contribution in [0.1, 0.15) is 47.8 Å². The Balaban J connectivity index is 1.31. The molecule has 1 aromatic heterocycles. The van der Waals surface area contributed by atoms with E-state index in [2.05, 4.69) is 5.32 Å². The summed E-state index contributed by atoms with van der Waals surface area (Å²) in [4.78, 5) is 38.9. The Bertz CT molecular complexity index is 861. The first-order valence-corrected chi connectivity index (χ1v) is 9.99. The van der Waals surface area contributed by atoms with Crippen LogP contribution in [0.4, 0.5) is 0 Å². The molecule has 1 N–H and O–H groups in total. The average molecular weight is 396 g/mol. The van der Waals surface area contributed by atoms with Crippen LogP contribution in [0.15, 0.2) is 53.1 Å². The van der Waals surface area contributed by atoms with Crippen LogP contribution in [-0.4, -0.2) is 41.9 Å². The molecular weight excluding hydrogens is 372 g/mol. The van der Waals surface area contributed by atoms with E-state index < -0.39 is 12.0 Å². The molecule has 2 aliphatic rings. The largest absolute Gasteiger partial charge is 0.459 e. The third-order valence-corrected chi connectivity index (χ3v) is 5.43. The molecule has 2 fully saturated rings. The summed E-state index contributed by atoms with van der Waals surface area (Å²) in [6.45, 7) is 0.109. The summed E-state index contributed by atoms with van der Waals surface area (Å²) in [6.07, 6.45) is 4.79. The van der Waals surface area contributed by atoms with E-state index in [4.69, 9.17) is 9.15 Å². The molecule has 7 heteroatoms. The van der Waals surface area contributed by atoms with Crippen LogP contribution >= 0.6 is 0 Å². The molecule has 1 aliphatic heterocycles. The lowest BCUT2D eigenvalue weighted by atomic mass is 10.0. The number of nitrogens with zero attached hydrogens (tertiary/aromatic N) is 1. The third-order valence-electron chi connectivity index (χ3n) is 5.43. The average Bonchev–Trinajstić information content (AvgIpc) is 3.22. The van der Waals surface area contributed by atoms with Gasteiger partial charge in [-0.15, -0.1) is 0 Å². The SMILES string of the molecule is O=C(COC(=O)[C@@H]1CCCN1C(=O)c1ccco1)NC(c1ccccc1)C1CC1. The predicted molar refractivity (Wildman–Crippen MR) is 104 cm³/mol. The topological polar surface area (TPSA) is 88.9 Å². The normalized spacial score (nSPS) is 19.6. The van der Waals surface area contributed by atoms with Gasteiger partial charge in [-0.3, -0.25) is 9.59 Å². The highest BCUT2D eigenvalue weighted by Crippen LogP contribution is 2.40. The van der Waals surface area contributed by atoms with Crippen LogP contribution < -0.4 is 5.32 Å². The van der Waals surface area contributed by atoms with Gasteiger partial charge in [0.15, 0.2) is 12.4 Å². The highest BCUT2D eigenvalue weighted by atomic mass is 16.5. The van der Waals surface area contributed by atoms with E-state index in [1.807, 2.05) is 30.3 Å². The van der Waals surface area contributed by atoms with Gasteiger partial charge in [0.05, 0.1) is 12.3 Å². The molecule has 0 spiro atoms. The lowest BCUT2D eigenvalue weighted by Gasteiger charge is -2.23. The number of esters is 1. The van der Waals surface area contributed by atoms with Gasteiger partial charge in [-0.05, 0) is 49.3 Å². The Morgan fingerprint density at radius 1 is 1.10 bits per heavy atom. The first-order valence-electron chi connectivity index (χ1n) is 9.99. The maximum atomic E-state index is 12.5. The molecule has 1 aromatic carbocycles. The van der Waals surface area contributed by atoms with E-state index in [-0.39, 0.29) is 30.2 Å². The molecule has 1 saturated heterocycles. The van der Waals surface area contributed by atoms with Gasteiger partial charge < -0.3 is 19.4 Å². The number of hydrogen-bond acceptors (Lipinski definition) is 5. The number of furan rings is 1. The van der Waals surface area contributed by atoms with E-state index in [0.717, 1.165) is 18.4 Å². The van der Waals surface area contributed by atoms with Crippen LogP contribution in [0.3, 0.4) is 0 Å². The van der Waals surface area contributed by atoms with Crippen LogP contribution in [0, 0.1) is 5.92 Å². The lowest BCUT2D eigenvalue weighted by Crippen LogP contribution is -2.42. The summed E-state index contributed by atoms with van der Waals surface area (Å²) in [5.74, 6) is -0.608. The van der Waals surface area contributed by atoms with Crippen molar-refractivity contribution in [3.8, 4) is 0 Å². The minimum atomic E-state index is -0.686. The molecular formula is C22H24N2O5. The minimum Gasteiger partial charge on any atom is -0.459 e. The molecule has 152 valence electrons. The van der Waals surface area contributed by atoms with Gasteiger partial charge in [0.2, 0.25) is 0 Å². The second kappa shape index (κ2) is 8.51. The number of carbonyl (C=O) groups is 3. The third kappa shape index (κ3) is 4.50. The summed E-state index contributed by atoms with van der Waals surface area (Å²) in [5, 5.41) is 2.99.